The maximum atomic E-state index is 15.2. The Morgan fingerprint density at radius 2 is 1.83 bits per heavy atom. The molecule has 0 amide bonds. The normalized spacial score (nSPS) is 12.1. The number of aryl methyl sites for hydroxylation is 1. The van der Waals surface area contributed by atoms with Gasteiger partial charge in [0.25, 0.3) is 10.0 Å². The van der Waals surface area contributed by atoms with Gasteiger partial charge in [0, 0.05) is 41.3 Å². The second kappa shape index (κ2) is 12.6. The number of benzene rings is 2. The zero-order valence-electron chi connectivity index (χ0n) is 22.5. The molecule has 0 bridgehead atoms. The van der Waals surface area contributed by atoms with E-state index < -0.39 is 44.5 Å². The number of ether oxygens (including phenoxy) is 1. The number of sulfonamides is 1. The molecule has 0 radical (unpaired) electrons. The van der Waals surface area contributed by atoms with E-state index in [4.69, 9.17) is 4.74 Å². The van der Waals surface area contributed by atoms with Gasteiger partial charge >= 0.3 is 12.1 Å². The van der Waals surface area contributed by atoms with E-state index in [2.05, 4.69) is 15.1 Å². The van der Waals surface area contributed by atoms with Gasteiger partial charge in [-0.05, 0) is 57.6 Å². The number of alkyl halides is 3. The molecule has 16 heteroatoms. The molecule has 9 nitrogen and oxygen atoms in total. The Kier molecular flexibility index (Phi) is 9.81. The number of aromatic nitrogens is 1. The number of carbonyl (C=O) groups is 1. The summed E-state index contributed by atoms with van der Waals surface area (Å²) in [5.74, 6) is -5.00. The van der Waals surface area contributed by atoms with Crippen molar-refractivity contribution >= 4 is 38.8 Å². The molecule has 0 saturated carbocycles. The van der Waals surface area contributed by atoms with Crippen LogP contribution in [-0.4, -0.2) is 50.6 Å². The minimum absolute atomic E-state index is 0.0827. The van der Waals surface area contributed by atoms with Crippen LogP contribution in [0.2, 0.25) is 0 Å². The van der Waals surface area contributed by atoms with Gasteiger partial charge in [-0.3, -0.25) is 4.90 Å². The highest BCUT2D eigenvalue weighted by atomic mass is 32.2. The highest BCUT2D eigenvalue weighted by molar-refractivity contribution is 7.92. The Balaban J connectivity index is 1.96. The number of halogens is 5. The molecule has 1 N–H and O–H groups in total. The van der Waals surface area contributed by atoms with E-state index in [0.717, 1.165) is 34.4 Å². The smallest absolute Gasteiger partial charge is 0.493 e. The summed E-state index contributed by atoms with van der Waals surface area (Å²) < 4.78 is 100. The zero-order chi connectivity index (χ0) is 30.7. The van der Waals surface area contributed by atoms with Crippen molar-refractivity contribution in [1.29, 1.82) is 0 Å². The Hall–Kier alpha value is -3.50. The summed E-state index contributed by atoms with van der Waals surface area (Å²) in [6.07, 6.45) is -5.54. The predicted molar refractivity (Wildman–Crippen MR) is 142 cm³/mol. The molecule has 0 unspecified atom stereocenters. The van der Waals surface area contributed by atoms with Crippen molar-refractivity contribution in [2.75, 3.05) is 23.9 Å². The van der Waals surface area contributed by atoms with Crippen molar-refractivity contribution in [2.45, 2.75) is 51.0 Å². The number of hydrogen-bond acceptors (Lipinski definition) is 9. The molecule has 0 aliphatic rings. The molecule has 0 atom stereocenters. The number of anilines is 2. The number of nitrogens with zero attached hydrogens (tertiary/aromatic N) is 3. The second-order valence-corrected chi connectivity index (χ2v) is 11.6. The van der Waals surface area contributed by atoms with E-state index in [-0.39, 0.29) is 33.9 Å². The molecule has 3 aromatic rings. The fraction of sp³-hybridized carbons (Fsp3) is 0.360. The van der Waals surface area contributed by atoms with Crippen molar-refractivity contribution < 1.29 is 44.7 Å². The molecule has 224 valence electrons. The molecule has 0 aliphatic heterocycles. The molecule has 1 heterocycles. The molecule has 41 heavy (non-hydrogen) atoms. The summed E-state index contributed by atoms with van der Waals surface area (Å²) in [6.45, 7) is 5.54. The summed E-state index contributed by atoms with van der Waals surface area (Å²) in [7, 11) is -1.91. The molecule has 2 aromatic carbocycles. The van der Waals surface area contributed by atoms with Gasteiger partial charge in [-0.25, -0.2) is 18.6 Å². The Morgan fingerprint density at radius 1 is 1.15 bits per heavy atom. The van der Waals surface area contributed by atoms with E-state index in [9.17, 15) is 30.8 Å². The number of methoxy groups -OCH3 is 1. The van der Waals surface area contributed by atoms with Crippen LogP contribution in [0, 0.1) is 18.6 Å². The maximum absolute atomic E-state index is 15.2. The second-order valence-electron chi connectivity index (χ2n) is 9.12. The lowest BCUT2D eigenvalue weighted by atomic mass is 10.0. The van der Waals surface area contributed by atoms with Gasteiger partial charge in [0.1, 0.15) is 22.3 Å². The van der Waals surface area contributed by atoms with Crippen LogP contribution in [0.5, 0.6) is 5.75 Å². The highest BCUT2D eigenvalue weighted by Crippen LogP contribution is 2.32. The van der Waals surface area contributed by atoms with E-state index in [1.54, 1.807) is 0 Å². The molecule has 0 aliphatic carbocycles. The Morgan fingerprint density at radius 3 is 2.39 bits per heavy atom. The van der Waals surface area contributed by atoms with Crippen molar-refractivity contribution in [1.82, 2.24) is 9.88 Å². The molecular weight excluding hydrogens is 595 g/mol. The monoisotopic (exact) mass is 622 g/mol. The lowest BCUT2D eigenvalue weighted by molar-refractivity contribution is -0.199. The first-order chi connectivity index (χ1) is 19.1. The lowest BCUT2D eigenvalue weighted by Crippen LogP contribution is -2.39. The summed E-state index contributed by atoms with van der Waals surface area (Å²) in [6, 6.07) is 4.50. The number of carbonyl (C=O) groups excluding carboxylic acids is 1. The first kappa shape index (κ1) is 32.0. The number of thiazole rings is 1. The van der Waals surface area contributed by atoms with Crippen LogP contribution in [0.15, 0.2) is 40.1 Å². The fourth-order valence-electron chi connectivity index (χ4n) is 3.59. The maximum Gasteiger partial charge on any atom is 0.493 e. The Labute approximate surface area is 237 Å². The van der Waals surface area contributed by atoms with Crippen LogP contribution in [0.3, 0.4) is 0 Å². The first-order valence-corrected chi connectivity index (χ1v) is 14.3. The third-order valence-corrected chi connectivity index (χ3v) is 8.22. The molecule has 0 saturated heterocycles. The Bertz CT molecular complexity index is 1500. The minimum Gasteiger partial charge on any atom is -0.496 e. The van der Waals surface area contributed by atoms with Gasteiger partial charge in [0.05, 0.1) is 12.6 Å². The van der Waals surface area contributed by atoms with Gasteiger partial charge < -0.3 is 14.9 Å². The number of nitrogens with one attached hydrogen (secondary N) is 1. The third-order valence-electron chi connectivity index (χ3n) is 6.07. The number of rotatable bonds is 11. The van der Waals surface area contributed by atoms with Gasteiger partial charge in [0.2, 0.25) is 0 Å². The molecular formula is C25H27F5N4O5S2. The zero-order valence-corrected chi connectivity index (χ0v) is 24.2. The van der Waals surface area contributed by atoms with Gasteiger partial charge in [-0.1, -0.05) is 4.47 Å². The van der Waals surface area contributed by atoms with E-state index in [0.29, 0.717) is 17.9 Å². The third kappa shape index (κ3) is 7.23. The predicted octanol–water partition coefficient (Wildman–Crippen LogP) is 5.41. The fourth-order valence-corrected chi connectivity index (χ4v) is 5.49. The molecule has 0 fully saturated rings. The SMILES string of the molecule is COc1ccc(F)c(CNc2cc(F)c(S(=O)(=O)N(OC(=O)C(F)(F)F)c3cscn3)cc2C)c1CN(C)C(C)C. The van der Waals surface area contributed by atoms with Crippen LogP contribution < -0.4 is 14.5 Å². The van der Waals surface area contributed by atoms with Gasteiger partial charge in [0.15, 0.2) is 5.82 Å². The minimum atomic E-state index is -5.54. The summed E-state index contributed by atoms with van der Waals surface area (Å²) in [5.41, 5.74) is 2.11. The van der Waals surface area contributed by atoms with Gasteiger partial charge in [-0.2, -0.15) is 21.6 Å². The van der Waals surface area contributed by atoms with Crippen molar-refractivity contribution in [3.8, 4) is 5.75 Å². The number of hydrogen-bond donors (Lipinski definition) is 1. The van der Waals surface area contributed by atoms with E-state index in [1.165, 1.54) is 26.2 Å². The first-order valence-electron chi connectivity index (χ1n) is 11.9. The average molecular weight is 623 g/mol. The lowest BCUT2D eigenvalue weighted by Gasteiger charge is -2.25. The highest BCUT2D eigenvalue weighted by Gasteiger charge is 2.45. The van der Waals surface area contributed by atoms with E-state index >= 15 is 4.39 Å². The van der Waals surface area contributed by atoms with Crippen LogP contribution in [0.4, 0.5) is 33.5 Å². The summed E-state index contributed by atoms with van der Waals surface area (Å²) >= 11 is 0.802. The average Bonchev–Trinajstić information content (AvgIpc) is 3.42. The molecule has 0 spiro atoms. The van der Waals surface area contributed by atoms with Crippen LogP contribution in [-0.2, 0) is 32.7 Å². The van der Waals surface area contributed by atoms with Crippen molar-refractivity contribution in [3.63, 3.8) is 0 Å². The van der Waals surface area contributed by atoms with Crippen molar-refractivity contribution in [3.05, 3.63) is 63.5 Å². The standard InChI is InChI=1S/C25H27F5N4O5S2/c1-14(2)33(4)11-17-16(18(26)6-7-21(17)38-5)10-31-20-9-19(27)22(8-15(20)3)41(36,37)34(23-12-40-13-32-23)39-24(35)25(28,29)30/h6-9,12-14,31H,10-11H2,1-5H3. The quantitative estimate of drug-likeness (QED) is 0.224. The summed E-state index contributed by atoms with van der Waals surface area (Å²) in [5, 5.41) is 3.88. The van der Waals surface area contributed by atoms with E-state index in [1.807, 2.05) is 25.8 Å². The molecule has 3 rings (SSSR count). The molecule has 1 aromatic heterocycles. The van der Waals surface area contributed by atoms with Crippen molar-refractivity contribution in [2.24, 2.45) is 0 Å². The topological polar surface area (TPSA) is 101 Å². The van der Waals surface area contributed by atoms with Crippen LogP contribution in [0.25, 0.3) is 0 Å². The van der Waals surface area contributed by atoms with Crippen LogP contribution >= 0.6 is 11.3 Å². The largest absolute Gasteiger partial charge is 0.496 e. The van der Waals surface area contributed by atoms with Crippen LogP contribution in [0.1, 0.15) is 30.5 Å². The summed E-state index contributed by atoms with van der Waals surface area (Å²) in [4.78, 5) is 20.0. The van der Waals surface area contributed by atoms with Gasteiger partial charge in [-0.15, -0.1) is 11.3 Å².